The van der Waals surface area contributed by atoms with Crippen molar-refractivity contribution >= 4 is 11.6 Å². The smallest absolute Gasteiger partial charge is 0.180 e. The third-order valence-electron chi connectivity index (χ3n) is 8.11. The number of rotatable bonds is 12. The van der Waals surface area contributed by atoms with Gasteiger partial charge in [0.1, 0.15) is 11.5 Å². The first-order valence-corrected chi connectivity index (χ1v) is 15.1. The second kappa shape index (κ2) is 15.2. The average Bonchev–Trinajstić information content (AvgIpc) is 3.40. The summed E-state index contributed by atoms with van der Waals surface area (Å²) < 4.78 is 11.2. The standard InChI is InChI=1S/C33H46N2O4/c1-3-38-28-17-13-26(14-18-28)32(36)30(34-21-9-5-6-10-22-34)25-31(35-23-11-7-8-12-24-35)33(37)27-15-19-29(20-16-27)39-4-2/h13-20,30-31H,3-12,21-25H2,1-2H3. The predicted molar refractivity (Wildman–Crippen MR) is 156 cm³/mol. The van der Waals surface area contributed by atoms with Crippen LogP contribution in [0.25, 0.3) is 0 Å². The number of hydrogen-bond acceptors (Lipinski definition) is 6. The molecule has 2 atom stereocenters. The minimum Gasteiger partial charge on any atom is -0.494 e. The number of hydrogen-bond donors (Lipinski definition) is 0. The topological polar surface area (TPSA) is 59.1 Å². The minimum atomic E-state index is -0.332. The first kappa shape index (κ1) is 29.3. The summed E-state index contributed by atoms with van der Waals surface area (Å²) in [6.45, 7) is 8.70. The molecule has 0 aromatic heterocycles. The molecule has 6 heteroatoms. The number of Topliss-reactive ketones (excluding diaryl/α,β-unsaturated/α-hetero) is 2. The van der Waals surface area contributed by atoms with Crippen LogP contribution >= 0.6 is 0 Å². The minimum absolute atomic E-state index is 0.110. The molecule has 0 bridgehead atoms. The van der Waals surface area contributed by atoms with Crippen LogP contribution in [0, 0.1) is 0 Å². The highest BCUT2D eigenvalue weighted by molar-refractivity contribution is 6.03. The first-order chi connectivity index (χ1) is 19.1. The van der Waals surface area contributed by atoms with E-state index in [1.807, 2.05) is 62.4 Å². The average molecular weight is 535 g/mol. The van der Waals surface area contributed by atoms with Gasteiger partial charge in [-0.2, -0.15) is 0 Å². The van der Waals surface area contributed by atoms with E-state index in [-0.39, 0.29) is 23.7 Å². The molecule has 6 nitrogen and oxygen atoms in total. The maximum atomic E-state index is 14.2. The van der Waals surface area contributed by atoms with Gasteiger partial charge in [0, 0.05) is 11.1 Å². The lowest BCUT2D eigenvalue weighted by atomic mass is 9.91. The fourth-order valence-electron chi connectivity index (χ4n) is 6.02. The van der Waals surface area contributed by atoms with Crippen LogP contribution in [-0.4, -0.2) is 72.8 Å². The summed E-state index contributed by atoms with van der Waals surface area (Å²) in [5, 5.41) is 0. The van der Waals surface area contributed by atoms with E-state index in [0.29, 0.717) is 30.8 Å². The third-order valence-corrected chi connectivity index (χ3v) is 8.11. The quantitative estimate of drug-likeness (QED) is 0.293. The Morgan fingerprint density at radius 3 is 1.23 bits per heavy atom. The van der Waals surface area contributed by atoms with Gasteiger partial charge in [0.2, 0.25) is 0 Å². The lowest BCUT2D eigenvalue weighted by Gasteiger charge is -2.36. The molecule has 2 aromatic rings. The molecule has 0 spiro atoms. The molecule has 2 aliphatic heterocycles. The van der Waals surface area contributed by atoms with Gasteiger partial charge in [-0.25, -0.2) is 0 Å². The third kappa shape index (κ3) is 8.15. The van der Waals surface area contributed by atoms with Crippen molar-refractivity contribution in [2.45, 2.75) is 83.7 Å². The van der Waals surface area contributed by atoms with Crippen LogP contribution in [0.3, 0.4) is 0 Å². The molecular formula is C33H46N2O4. The van der Waals surface area contributed by atoms with Gasteiger partial charge in [-0.1, -0.05) is 25.7 Å². The number of ketones is 2. The molecule has 0 amide bonds. The highest BCUT2D eigenvalue weighted by Crippen LogP contribution is 2.26. The van der Waals surface area contributed by atoms with E-state index in [1.54, 1.807) is 0 Å². The van der Waals surface area contributed by atoms with Crippen LogP contribution < -0.4 is 9.47 Å². The summed E-state index contributed by atoms with van der Waals surface area (Å²) in [5.41, 5.74) is 1.38. The summed E-state index contributed by atoms with van der Waals surface area (Å²) in [4.78, 5) is 33.0. The Labute approximate surface area is 234 Å². The highest BCUT2D eigenvalue weighted by Gasteiger charge is 2.36. The van der Waals surface area contributed by atoms with Gasteiger partial charge < -0.3 is 9.47 Å². The number of ether oxygens (including phenoxy) is 2. The fourth-order valence-corrected chi connectivity index (χ4v) is 6.02. The molecule has 4 rings (SSSR count). The molecule has 2 heterocycles. The van der Waals surface area contributed by atoms with E-state index < -0.39 is 0 Å². The molecule has 39 heavy (non-hydrogen) atoms. The summed E-state index contributed by atoms with van der Waals surface area (Å²) >= 11 is 0. The summed E-state index contributed by atoms with van der Waals surface area (Å²) in [6.07, 6.45) is 9.66. The monoisotopic (exact) mass is 534 g/mol. The molecule has 2 unspecified atom stereocenters. The molecular weight excluding hydrogens is 488 g/mol. The molecule has 0 radical (unpaired) electrons. The molecule has 212 valence electrons. The summed E-state index contributed by atoms with van der Waals surface area (Å²) in [5.74, 6) is 1.76. The molecule has 0 aliphatic carbocycles. The molecule has 2 saturated heterocycles. The zero-order valence-electron chi connectivity index (χ0n) is 23.9. The van der Waals surface area contributed by atoms with Crippen molar-refractivity contribution in [1.82, 2.24) is 9.80 Å². The van der Waals surface area contributed by atoms with Crippen molar-refractivity contribution in [2.75, 3.05) is 39.4 Å². The molecule has 0 saturated carbocycles. The Hall–Kier alpha value is -2.70. The Kier molecular flexibility index (Phi) is 11.4. The molecule has 2 fully saturated rings. The number of likely N-dealkylation sites (tertiary alicyclic amines) is 2. The van der Waals surface area contributed by atoms with Gasteiger partial charge >= 0.3 is 0 Å². The van der Waals surface area contributed by atoms with E-state index in [4.69, 9.17) is 9.47 Å². The zero-order chi connectivity index (χ0) is 27.5. The Balaban J connectivity index is 1.65. The largest absolute Gasteiger partial charge is 0.494 e. The predicted octanol–water partition coefficient (Wildman–Crippen LogP) is 6.43. The molecule has 0 N–H and O–H groups in total. The van der Waals surface area contributed by atoms with Crippen LogP contribution in [0.15, 0.2) is 48.5 Å². The van der Waals surface area contributed by atoms with Crippen LogP contribution in [0.4, 0.5) is 0 Å². The van der Waals surface area contributed by atoms with Crippen molar-refractivity contribution < 1.29 is 19.1 Å². The van der Waals surface area contributed by atoms with Gasteiger partial charge in [-0.05, 0) is 121 Å². The lowest BCUT2D eigenvalue weighted by Crippen LogP contribution is -2.50. The van der Waals surface area contributed by atoms with Crippen LogP contribution in [0.1, 0.15) is 92.4 Å². The Morgan fingerprint density at radius 2 is 0.923 bits per heavy atom. The van der Waals surface area contributed by atoms with E-state index in [1.165, 1.54) is 25.7 Å². The number of carbonyl (C=O) groups is 2. The van der Waals surface area contributed by atoms with E-state index in [2.05, 4.69) is 9.80 Å². The zero-order valence-corrected chi connectivity index (χ0v) is 23.9. The lowest BCUT2D eigenvalue weighted by molar-refractivity contribution is 0.0656. The van der Waals surface area contributed by atoms with E-state index >= 15 is 0 Å². The summed E-state index contributed by atoms with van der Waals surface area (Å²) in [6, 6.07) is 14.4. The fraction of sp³-hybridized carbons (Fsp3) is 0.576. The second-order valence-corrected chi connectivity index (χ2v) is 10.8. The highest BCUT2D eigenvalue weighted by atomic mass is 16.5. The maximum Gasteiger partial charge on any atom is 0.180 e. The number of carbonyl (C=O) groups excluding carboxylic acids is 2. The first-order valence-electron chi connectivity index (χ1n) is 15.1. The SMILES string of the molecule is CCOc1ccc(C(=O)C(CC(C(=O)c2ccc(OCC)cc2)N2CCCCCC2)N2CCCCCC2)cc1. The van der Waals surface area contributed by atoms with Gasteiger partial charge in [0.05, 0.1) is 25.3 Å². The van der Waals surface area contributed by atoms with E-state index in [9.17, 15) is 9.59 Å². The molecule has 2 aromatic carbocycles. The van der Waals surface area contributed by atoms with Crippen LogP contribution in [0.2, 0.25) is 0 Å². The molecule has 2 aliphatic rings. The van der Waals surface area contributed by atoms with Gasteiger partial charge in [-0.3, -0.25) is 19.4 Å². The maximum absolute atomic E-state index is 14.2. The Morgan fingerprint density at radius 1 is 0.590 bits per heavy atom. The van der Waals surface area contributed by atoms with Crippen molar-refractivity contribution in [3.8, 4) is 11.5 Å². The van der Waals surface area contributed by atoms with Gasteiger partial charge in [-0.15, -0.1) is 0 Å². The number of nitrogens with zero attached hydrogens (tertiary/aromatic N) is 2. The normalized spacial score (nSPS) is 18.9. The van der Waals surface area contributed by atoms with Crippen LogP contribution in [-0.2, 0) is 0 Å². The Bertz CT molecular complexity index is 937. The number of benzene rings is 2. The van der Waals surface area contributed by atoms with Crippen molar-refractivity contribution in [1.29, 1.82) is 0 Å². The summed E-state index contributed by atoms with van der Waals surface area (Å²) in [7, 11) is 0. The van der Waals surface area contributed by atoms with E-state index in [0.717, 1.165) is 63.4 Å². The van der Waals surface area contributed by atoms with Crippen molar-refractivity contribution in [3.05, 3.63) is 59.7 Å². The van der Waals surface area contributed by atoms with Crippen molar-refractivity contribution in [3.63, 3.8) is 0 Å². The van der Waals surface area contributed by atoms with Gasteiger partial charge in [0.15, 0.2) is 11.6 Å². The van der Waals surface area contributed by atoms with Gasteiger partial charge in [0.25, 0.3) is 0 Å². The van der Waals surface area contributed by atoms with Crippen molar-refractivity contribution in [2.24, 2.45) is 0 Å². The second-order valence-electron chi connectivity index (χ2n) is 10.8. The van der Waals surface area contributed by atoms with Crippen LogP contribution in [0.5, 0.6) is 11.5 Å².